The van der Waals surface area contributed by atoms with Gasteiger partial charge in [0.05, 0.1) is 6.20 Å². The molecular formula is C8H10BrNO2. The van der Waals surface area contributed by atoms with Crippen LogP contribution in [-0.4, -0.2) is 18.4 Å². The summed E-state index contributed by atoms with van der Waals surface area (Å²) >= 11 is 3.23. The molecule has 0 saturated carbocycles. The largest absolute Gasteiger partial charge is 0.466 e. The molecule has 66 valence electrons. The highest BCUT2D eigenvalue weighted by molar-refractivity contribution is 9.10. The summed E-state index contributed by atoms with van der Waals surface area (Å²) in [7, 11) is 0. The Hall–Kier alpha value is -0.610. The van der Waals surface area contributed by atoms with Gasteiger partial charge < -0.3 is 9.47 Å². The molecular weight excluding hydrogens is 222 g/mol. The van der Waals surface area contributed by atoms with Gasteiger partial charge in [0, 0.05) is 6.61 Å². The minimum Gasteiger partial charge on any atom is -0.466 e. The minimum atomic E-state index is 0.278. The molecule has 0 aliphatic carbocycles. The lowest BCUT2D eigenvalue weighted by molar-refractivity contribution is 0.0222. The van der Waals surface area contributed by atoms with Gasteiger partial charge in [-0.25, -0.2) is 4.98 Å². The number of hydrogen-bond donors (Lipinski definition) is 0. The quantitative estimate of drug-likeness (QED) is 0.453. The summed E-state index contributed by atoms with van der Waals surface area (Å²) in [4.78, 5) is 3.99. The summed E-state index contributed by atoms with van der Waals surface area (Å²) in [5, 5.41) is 0. The van der Waals surface area contributed by atoms with Gasteiger partial charge in [-0.1, -0.05) is 0 Å². The van der Waals surface area contributed by atoms with Crippen LogP contribution in [-0.2, 0) is 4.74 Å². The lowest BCUT2D eigenvalue weighted by Crippen LogP contribution is -2.01. The topological polar surface area (TPSA) is 31.4 Å². The normalized spacial score (nSPS) is 9.83. The van der Waals surface area contributed by atoms with Crippen LogP contribution >= 0.6 is 15.9 Å². The fourth-order valence-electron chi connectivity index (χ4n) is 0.641. The van der Waals surface area contributed by atoms with E-state index in [1.165, 1.54) is 0 Å². The SMILES string of the molecule is CCOCOc1ccc(Br)nc1. The molecule has 0 bridgehead atoms. The first-order chi connectivity index (χ1) is 5.83. The Morgan fingerprint density at radius 1 is 1.50 bits per heavy atom. The van der Waals surface area contributed by atoms with Crippen LogP contribution in [0.4, 0.5) is 0 Å². The van der Waals surface area contributed by atoms with Gasteiger partial charge in [-0.2, -0.15) is 0 Å². The zero-order chi connectivity index (χ0) is 8.81. The zero-order valence-electron chi connectivity index (χ0n) is 6.79. The maximum Gasteiger partial charge on any atom is 0.189 e. The second-order valence-electron chi connectivity index (χ2n) is 2.07. The van der Waals surface area contributed by atoms with Gasteiger partial charge in [0.2, 0.25) is 0 Å². The van der Waals surface area contributed by atoms with Gasteiger partial charge >= 0.3 is 0 Å². The number of ether oxygens (including phenoxy) is 2. The maximum absolute atomic E-state index is 5.20. The van der Waals surface area contributed by atoms with E-state index in [-0.39, 0.29) is 6.79 Å². The van der Waals surface area contributed by atoms with Crippen LogP contribution in [0.1, 0.15) is 6.92 Å². The number of hydrogen-bond acceptors (Lipinski definition) is 3. The molecule has 0 unspecified atom stereocenters. The molecule has 1 heterocycles. The molecule has 0 fully saturated rings. The van der Waals surface area contributed by atoms with Crippen LogP contribution in [0, 0.1) is 0 Å². The van der Waals surface area contributed by atoms with Crippen LogP contribution in [0.5, 0.6) is 5.75 Å². The number of rotatable bonds is 4. The molecule has 0 amide bonds. The molecule has 0 atom stereocenters. The molecule has 3 nitrogen and oxygen atoms in total. The van der Waals surface area contributed by atoms with Crippen molar-refractivity contribution in [2.45, 2.75) is 6.92 Å². The lowest BCUT2D eigenvalue weighted by Gasteiger charge is -2.04. The Morgan fingerprint density at radius 3 is 2.92 bits per heavy atom. The third-order valence-electron chi connectivity index (χ3n) is 1.21. The Morgan fingerprint density at radius 2 is 2.33 bits per heavy atom. The molecule has 0 radical (unpaired) electrons. The molecule has 12 heavy (non-hydrogen) atoms. The van der Waals surface area contributed by atoms with E-state index in [0.29, 0.717) is 12.4 Å². The van der Waals surface area contributed by atoms with Crippen molar-refractivity contribution in [3.05, 3.63) is 22.9 Å². The predicted molar refractivity (Wildman–Crippen MR) is 49.1 cm³/mol. The standard InChI is InChI=1S/C8H10BrNO2/c1-2-11-6-12-7-3-4-8(9)10-5-7/h3-5H,2,6H2,1H3. The summed E-state index contributed by atoms with van der Waals surface area (Å²) in [5.41, 5.74) is 0. The van der Waals surface area contributed by atoms with Gasteiger partial charge in [-0.3, -0.25) is 0 Å². The average Bonchev–Trinajstić information content (AvgIpc) is 2.09. The van der Waals surface area contributed by atoms with Crippen LogP contribution in [0.2, 0.25) is 0 Å². The van der Waals surface area contributed by atoms with E-state index < -0.39 is 0 Å². The molecule has 0 N–H and O–H groups in total. The van der Waals surface area contributed by atoms with Gasteiger partial charge in [0.15, 0.2) is 6.79 Å². The Bertz CT molecular complexity index is 225. The smallest absolute Gasteiger partial charge is 0.189 e. The Balaban J connectivity index is 2.37. The maximum atomic E-state index is 5.20. The molecule has 0 saturated heterocycles. The van der Waals surface area contributed by atoms with Crippen molar-refractivity contribution >= 4 is 15.9 Å². The van der Waals surface area contributed by atoms with Gasteiger partial charge in [-0.15, -0.1) is 0 Å². The van der Waals surface area contributed by atoms with Crippen molar-refractivity contribution in [1.29, 1.82) is 0 Å². The number of aromatic nitrogens is 1. The monoisotopic (exact) mass is 231 g/mol. The van der Waals surface area contributed by atoms with Crippen molar-refractivity contribution in [2.75, 3.05) is 13.4 Å². The van der Waals surface area contributed by atoms with E-state index in [1.807, 2.05) is 19.1 Å². The summed E-state index contributed by atoms with van der Waals surface area (Å²) in [5.74, 6) is 0.714. The summed E-state index contributed by atoms with van der Waals surface area (Å²) in [6.45, 7) is 2.85. The first kappa shape index (κ1) is 9.48. The van der Waals surface area contributed by atoms with E-state index in [1.54, 1.807) is 6.20 Å². The molecule has 0 aliphatic heterocycles. The summed E-state index contributed by atoms with van der Waals surface area (Å²) in [6, 6.07) is 3.65. The van der Waals surface area contributed by atoms with Crippen LogP contribution in [0.25, 0.3) is 0 Å². The van der Waals surface area contributed by atoms with E-state index in [9.17, 15) is 0 Å². The fourth-order valence-corrected chi connectivity index (χ4v) is 0.875. The third kappa shape index (κ3) is 3.19. The highest BCUT2D eigenvalue weighted by Crippen LogP contribution is 2.12. The second-order valence-corrected chi connectivity index (χ2v) is 2.88. The average molecular weight is 232 g/mol. The number of halogens is 1. The van der Waals surface area contributed by atoms with E-state index in [2.05, 4.69) is 20.9 Å². The molecule has 4 heteroatoms. The third-order valence-corrected chi connectivity index (χ3v) is 1.68. The Kier molecular flexibility index (Phi) is 4.04. The van der Waals surface area contributed by atoms with Crippen molar-refractivity contribution in [3.63, 3.8) is 0 Å². The first-order valence-corrected chi connectivity index (χ1v) is 4.44. The zero-order valence-corrected chi connectivity index (χ0v) is 8.37. The van der Waals surface area contributed by atoms with Crippen LogP contribution in [0.15, 0.2) is 22.9 Å². The number of nitrogens with zero attached hydrogens (tertiary/aromatic N) is 1. The second kappa shape index (κ2) is 5.11. The van der Waals surface area contributed by atoms with Gasteiger partial charge in [0.25, 0.3) is 0 Å². The van der Waals surface area contributed by atoms with E-state index in [0.717, 1.165) is 4.60 Å². The van der Waals surface area contributed by atoms with Crippen molar-refractivity contribution in [1.82, 2.24) is 4.98 Å². The van der Waals surface area contributed by atoms with Crippen LogP contribution < -0.4 is 4.74 Å². The molecule has 1 aromatic rings. The van der Waals surface area contributed by atoms with Crippen molar-refractivity contribution in [3.8, 4) is 5.75 Å². The number of pyridine rings is 1. The van der Waals surface area contributed by atoms with Crippen molar-refractivity contribution < 1.29 is 9.47 Å². The van der Waals surface area contributed by atoms with Crippen LogP contribution in [0.3, 0.4) is 0 Å². The highest BCUT2D eigenvalue weighted by atomic mass is 79.9. The summed E-state index contributed by atoms with van der Waals surface area (Å²) < 4.78 is 11.0. The van der Waals surface area contributed by atoms with Gasteiger partial charge in [-0.05, 0) is 35.0 Å². The Labute approximate surface area is 79.8 Å². The van der Waals surface area contributed by atoms with E-state index in [4.69, 9.17) is 9.47 Å². The van der Waals surface area contributed by atoms with Crippen molar-refractivity contribution in [2.24, 2.45) is 0 Å². The molecule has 1 rings (SSSR count). The summed E-state index contributed by atoms with van der Waals surface area (Å²) in [6.07, 6.45) is 1.64. The molecule has 1 aromatic heterocycles. The molecule has 0 spiro atoms. The minimum absolute atomic E-state index is 0.278. The lowest BCUT2D eigenvalue weighted by atomic mass is 10.5. The predicted octanol–water partition coefficient (Wildman–Crippen LogP) is 2.22. The molecule has 0 aliphatic rings. The first-order valence-electron chi connectivity index (χ1n) is 3.65. The van der Waals surface area contributed by atoms with E-state index >= 15 is 0 Å². The molecule has 0 aromatic carbocycles. The fraction of sp³-hybridized carbons (Fsp3) is 0.375. The van der Waals surface area contributed by atoms with Gasteiger partial charge in [0.1, 0.15) is 10.4 Å². The highest BCUT2D eigenvalue weighted by Gasteiger charge is 1.92.